The van der Waals surface area contributed by atoms with E-state index < -0.39 is 0 Å². The van der Waals surface area contributed by atoms with Crippen LogP contribution in [0.25, 0.3) is 0 Å². The summed E-state index contributed by atoms with van der Waals surface area (Å²) in [5, 5.41) is 23.0. The van der Waals surface area contributed by atoms with E-state index in [1.54, 1.807) is 0 Å². The molecule has 0 spiro atoms. The zero-order valence-corrected chi connectivity index (χ0v) is 16.7. The first-order valence-corrected chi connectivity index (χ1v) is 8.65. The van der Waals surface area contributed by atoms with Crippen molar-refractivity contribution in [3.05, 3.63) is 60.2 Å². The maximum atomic E-state index is 8.49. The number of aryl methyl sites for hydroxylation is 2. The standard InChI is InChI=1S/C19H24N4O2.2ClH/c24-20-16-18-6-12-22(13-7-18)10-4-2-1-3-5-11-23-14-8-19(9-15-23)17-21-25;;/h6-9,12-17H,1-5,10-11H2;2*1H. The molecule has 0 atom stereocenters. The molecule has 0 aliphatic rings. The summed E-state index contributed by atoms with van der Waals surface area (Å²) in [7, 11) is 0. The SMILES string of the molecule is O/N=C\c1cc[n+](CCCCCCC[n+]2ccc(/C=N\O)cc2)cc1.[Cl-].[Cl-]. The second kappa shape index (κ2) is 14.9. The molecule has 0 radical (unpaired) electrons. The largest absolute Gasteiger partial charge is 1.00 e. The van der Waals surface area contributed by atoms with Crippen LogP contribution < -0.4 is 33.9 Å². The van der Waals surface area contributed by atoms with Gasteiger partial charge in [-0.15, -0.1) is 0 Å². The summed E-state index contributed by atoms with van der Waals surface area (Å²) in [4.78, 5) is 0. The van der Waals surface area contributed by atoms with Crippen LogP contribution in [0.15, 0.2) is 59.4 Å². The Balaban J connectivity index is 0.00000338. The minimum atomic E-state index is 0. The molecule has 2 N–H and O–H groups in total. The van der Waals surface area contributed by atoms with Crippen LogP contribution in [0, 0.1) is 0 Å². The minimum absolute atomic E-state index is 0. The molecule has 2 rings (SSSR count). The van der Waals surface area contributed by atoms with Gasteiger partial charge in [0.25, 0.3) is 0 Å². The Bertz CT molecular complexity index is 618. The average molecular weight is 413 g/mol. The summed E-state index contributed by atoms with van der Waals surface area (Å²) in [5.74, 6) is 0. The van der Waals surface area contributed by atoms with Gasteiger partial charge < -0.3 is 35.2 Å². The lowest BCUT2D eigenvalue weighted by atomic mass is 10.1. The van der Waals surface area contributed by atoms with E-state index in [0.29, 0.717) is 0 Å². The van der Waals surface area contributed by atoms with E-state index in [9.17, 15) is 0 Å². The Morgan fingerprint density at radius 2 is 0.963 bits per heavy atom. The van der Waals surface area contributed by atoms with E-state index >= 15 is 0 Å². The summed E-state index contributed by atoms with van der Waals surface area (Å²) >= 11 is 0. The van der Waals surface area contributed by atoms with E-state index in [2.05, 4.69) is 19.4 Å². The molecule has 0 fully saturated rings. The number of oxime groups is 2. The number of pyridine rings is 2. The van der Waals surface area contributed by atoms with Gasteiger partial charge in [0.05, 0.1) is 12.4 Å². The van der Waals surface area contributed by atoms with E-state index in [0.717, 1.165) is 24.2 Å². The molecule has 2 aromatic heterocycles. The molecule has 6 nitrogen and oxygen atoms in total. The third kappa shape index (κ3) is 9.92. The molecule has 0 unspecified atom stereocenters. The predicted octanol–water partition coefficient (Wildman–Crippen LogP) is -3.46. The van der Waals surface area contributed by atoms with Crippen LogP contribution in [0.3, 0.4) is 0 Å². The lowest BCUT2D eigenvalue weighted by Crippen LogP contribution is -3.00. The Labute approximate surface area is 172 Å². The summed E-state index contributed by atoms with van der Waals surface area (Å²) in [6.07, 6.45) is 16.9. The number of nitrogens with zero attached hydrogens (tertiary/aromatic N) is 4. The smallest absolute Gasteiger partial charge is 0.169 e. The van der Waals surface area contributed by atoms with Crippen LogP contribution >= 0.6 is 0 Å². The molecule has 0 aliphatic heterocycles. The zero-order valence-electron chi connectivity index (χ0n) is 15.2. The van der Waals surface area contributed by atoms with Crippen LogP contribution in [0.4, 0.5) is 0 Å². The van der Waals surface area contributed by atoms with Crippen molar-refractivity contribution in [2.24, 2.45) is 10.3 Å². The van der Waals surface area contributed by atoms with Gasteiger partial charge in [0, 0.05) is 48.2 Å². The molecule has 0 aromatic carbocycles. The molecule has 0 saturated heterocycles. The van der Waals surface area contributed by atoms with E-state index in [4.69, 9.17) is 10.4 Å². The van der Waals surface area contributed by atoms with Crippen molar-refractivity contribution in [2.75, 3.05) is 0 Å². The molecule has 0 bridgehead atoms. The Hall–Kier alpha value is -2.18. The van der Waals surface area contributed by atoms with Gasteiger partial charge in [-0.05, 0) is 12.8 Å². The van der Waals surface area contributed by atoms with Gasteiger partial charge in [-0.25, -0.2) is 9.13 Å². The maximum absolute atomic E-state index is 8.49. The van der Waals surface area contributed by atoms with Gasteiger partial charge in [-0.2, -0.15) is 0 Å². The molecule has 2 aromatic rings. The fourth-order valence-electron chi connectivity index (χ4n) is 2.66. The highest BCUT2D eigenvalue weighted by atomic mass is 35.5. The predicted molar refractivity (Wildman–Crippen MR) is 95.1 cm³/mol. The molecule has 27 heavy (non-hydrogen) atoms. The number of hydrogen-bond donors (Lipinski definition) is 2. The molecule has 2 heterocycles. The second-order valence-electron chi connectivity index (χ2n) is 6.00. The number of unbranched alkanes of at least 4 members (excludes halogenated alkanes) is 4. The Morgan fingerprint density at radius 3 is 1.30 bits per heavy atom. The quantitative estimate of drug-likeness (QED) is 0.140. The summed E-state index contributed by atoms with van der Waals surface area (Å²) in [6.45, 7) is 2.03. The fourth-order valence-corrected chi connectivity index (χ4v) is 2.66. The van der Waals surface area contributed by atoms with Crippen LogP contribution in [0.1, 0.15) is 43.2 Å². The van der Waals surface area contributed by atoms with Crippen molar-refractivity contribution in [2.45, 2.75) is 45.2 Å². The highest BCUT2D eigenvalue weighted by Gasteiger charge is 2.02. The first-order valence-electron chi connectivity index (χ1n) is 8.65. The summed E-state index contributed by atoms with van der Waals surface area (Å²) in [6, 6.07) is 7.76. The number of aromatic nitrogens is 2. The molecule has 0 aliphatic carbocycles. The highest BCUT2D eigenvalue weighted by molar-refractivity contribution is 5.78. The van der Waals surface area contributed by atoms with E-state index in [1.807, 2.05) is 49.1 Å². The van der Waals surface area contributed by atoms with Gasteiger partial charge >= 0.3 is 0 Å². The van der Waals surface area contributed by atoms with Gasteiger partial charge in [-0.3, -0.25) is 0 Å². The van der Waals surface area contributed by atoms with Gasteiger partial charge in [0.1, 0.15) is 13.1 Å². The van der Waals surface area contributed by atoms with Crippen molar-refractivity contribution in [3.63, 3.8) is 0 Å². The first-order chi connectivity index (χ1) is 12.3. The van der Waals surface area contributed by atoms with Crippen molar-refractivity contribution in [1.29, 1.82) is 0 Å². The molecule has 0 amide bonds. The maximum Gasteiger partial charge on any atom is 0.169 e. The van der Waals surface area contributed by atoms with Crippen LogP contribution in [0.5, 0.6) is 0 Å². The van der Waals surface area contributed by atoms with Crippen LogP contribution in [-0.2, 0) is 13.1 Å². The van der Waals surface area contributed by atoms with E-state index in [1.165, 1.54) is 44.5 Å². The highest BCUT2D eigenvalue weighted by Crippen LogP contribution is 2.03. The lowest BCUT2D eigenvalue weighted by molar-refractivity contribution is -0.697. The topological polar surface area (TPSA) is 72.9 Å². The molecular formula is C19H26Cl2N4O2. The molecule has 0 saturated carbocycles. The second-order valence-corrected chi connectivity index (χ2v) is 6.00. The minimum Gasteiger partial charge on any atom is -1.00 e. The van der Waals surface area contributed by atoms with Crippen molar-refractivity contribution < 1.29 is 44.4 Å². The Morgan fingerprint density at radius 1 is 0.630 bits per heavy atom. The van der Waals surface area contributed by atoms with Crippen LogP contribution in [0.2, 0.25) is 0 Å². The summed E-state index contributed by atoms with van der Waals surface area (Å²) < 4.78 is 4.31. The third-order valence-corrected chi connectivity index (χ3v) is 4.08. The first kappa shape index (κ1) is 24.8. The monoisotopic (exact) mass is 412 g/mol. The fraction of sp³-hybridized carbons (Fsp3) is 0.368. The summed E-state index contributed by atoms with van der Waals surface area (Å²) in [5.41, 5.74) is 1.79. The normalized spacial score (nSPS) is 10.7. The number of halogens is 2. The zero-order chi connectivity index (χ0) is 17.7. The third-order valence-electron chi connectivity index (χ3n) is 4.08. The van der Waals surface area contributed by atoms with Gasteiger partial charge in [0.15, 0.2) is 24.8 Å². The number of rotatable bonds is 10. The van der Waals surface area contributed by atoms with Gasteiger partial charge in [0.2, 0.25) is 0 Å². The number of hydrogen-bond acceptors (Lipinski definition) is 4. The average Bonchev–Trinajstić information content (AvgIpc) is 2.64. The van der Waals surface area contributed by atoms with Crippen molar-refractivity contribution in [1.82, 2.24) is 0 Å². The van der Waals surface area contributed by atoms with E-state index in [-0.39, 0.29) is 24.8 Å². The molecule has 148 valence electrons. The molecule has 8 heteroatoms. The Kier molecular flexibility index (Phi) is 13.7. The van der Waals surface area contributed by atoms with Crippen molar-refractivity contribution in [3.8, 4) is 0 Å². The van der Waals surface area contributed by atoms with Gasteiger partial charge in [-0.1, -0.05) is 16.7 Å². The lowest BCUT2D eigenvalue weighted by Gasteiger charge is -2.00. The van der Waals surface area contributed by atoms with Crippen LogP contribution in [-0.4, -0.2) is 22.8 Å². The molecular weight excluding hydrogens is 387 g/mol. The van der Waals surface area contributed by atoms with Crippen molar-refractivity contribution >= 4 is 12.4 Å².